The number of ketones is 1. The molecule has 0 radical (unpaired) electrons. The number of amides is 2. The van der Waals surface area contributed by atoms with Crippen molar-refractivity contribution in [1.82, 2.24) is 5.32 Å². The Bertz CT molecular complexity index is 974. The molecular formula is C24H28N2O5. The van der Waals surface area contributed by atoms with Crippen LogP contribution in [0, 0.1) is 0 Å². The van der Waals surface area contributed by atoms with Gasteiger partial charge in [0.25, 0.3) is 11.8 Å². The van der Waals surface area contributed by atoms with E-state index in [4.69, 9.17) is 4.74 Å². The maximum Gasteiger partial charge on any atom is 0.328 e. The Labute approximate surface area is 182 Å². The normalized spacial score (nSPS) is 11.9. The molecule has 0 spiro atoms. The highest BCUT2D eigenvalue weighted by Crippen LogP contribution is 2.22. The number of hydrogen-bond donors (Lipinski definition) is 2. The number of ether oxygens (including phenoxy) is 1. The molecule has 0 saturated carbocycles. The largest absolute Gasteiger partial charge is 0.454 e. The number of Topliss-reactive ketones (excluding diaryl/α,β-unsaturated/α-hetero) is 1. The molecule has 2 rings (SSSR count). The molecular weight excluding hydrogens is 396 g/mol. The Morgan fingerprint density at radius 3 is 2.19 bits per heavy atom. The summed E-state index contributed by atoms with van der Waals surface area (Å²) < 4.78 is 4.98. The second kappa shape index (κ2) is 10.0. The third-order valence-electron chi connectivity index (χ3n) is 4.61. The molecule has 2 aromatic rings. The van der Waals surface area contributed by atoms with Crippen LogP contribution in [0.4, 0.5) is 5.69 Å². The van der Waals surface area contributed by atoms with Gasteiger partial charge < -0.3 is 15.4 Å². The second-order valence-corrected chi connectivity index (χ2v) is 8.32. The number of esters is 1. The van der Waals surface area contributed by atoms with E-state index in [9.17, 15) is 19.2 Å². The fraction of sp³-hybridized carbons (Fsp3) is 0.333. The van der Waals surface area contributed by atoms with Gasteiger partial charge in [0.05, 0.1) is 0 Å². The number of carbonyl (C=O) groups is 4. The zero-order valence-electron chi connectivity index (χ0n) is 18.4. The van der Waals surface area contributed by atoms with E-state index >= 15 is 0 Å². The van der Waals surface area contributed by atoms with E-state index in [0.29, 0.717) is 16.8 Å². The van der Waals surface area contributed by atoms with Crippen LogP contribution in [-0.4, -0.2) is 36.2 Å². The molecule has 31 heavy (non-hydrogen) atoms. The van der Waals surface area contributed by atoms with Crippen LogP contribution in [-0.2, 0) is 19.7 Å². The average molecular weight is 424 g/mol. The van der Waals surface area contributed by atoms with Crippen molar-refractivity contribution in [3.63, 3.8) is 0 Å². The molecule has 7 heteroatoms. The van der Waals surface area contributed by atoms with Crippen molar-refractivity contribution in [2.45, 2.75) is 46.1 Å². The van der Waals surface area contributed by atoms with E-state index < -0.39 is 30.4 Å². The highest BCUT2D eigenvalue weighted by molar-refractivity contribution is 5.98. The van der Waals surface area contributed by atoms with Gasteiger partial charge >= 0.3 is 5.97 Å². The minimum Gasteiger partial charge on any atom is -0.454 e. The van der Waals surface area contributed by atoms with Gasteiger partial charge in [-0.25, -0.2) is 4.79 Å². The van der Waals surface area contributed by atoms with Gasteiger partial charge in [0, 0.05) is 16.8 Å². The summed E-state index contributed by atoms with van der Waals surface area (Å²) in [7, 11) is 0. The number of hydrogen-bond acceptors (Lipinski definition) is 5. The predicted octanol–water partition coefficient (Wildman–Crippen LogP) is 3.49. The minimum atomic E-state index is -0.927. The maximum absolute atomic E-state index is 12.4. The fourth-order valence-electron chi connectivity index (χ4n) is 2.74. The monoisotopic (exact) mass is 424 g/mol. The topological polar surface area (TPSA) is 102 Å². The van der Waals surface area contributed by atoms with Gasteiger partial charge in [-0.3, -0.25) is 14.4 Å². The number of benzene rings is 2. The van der Waals surface area contributed by atoms with Gasteiger partial charge in [-0.1, -0.05) is 45.0 Å². The van der Waals surface area contributed by atoms with Crippen LogP contribution < -0.4 is 10.6 Å². The summed E-state index contributed by atoms with van der Waals surface area (Å²) >= 11 is 0. The van der Waals surface area contributed by atoms with Crippen LogP contribution in [0.2, 0.25) is 0 Å². The number of anilines is 1. The third-order valence-corrected chi connectivity index (χ3v) is 4.61. The highest BCUT2D eigenvalue weighted by Gasteiger charge is 2.20. The molecule has 164 valence electrons. The van der Waals surface area contributed by atoms with Crippen LogP contribution in [0.15, 0.2) is 48.5 Å². The van der Waals surface area contributed by atoms with Crippen molar-refractivity contribution in [1.29, 1.82) is 0 Å². The molecule has 7 nitrogen and oxygen atoms in total. The van der Waals surface area contributed by atoms with Crippen molar-refractivity contribution in [2.75, 3.05) is 11.9 Å². The molecule has 0 unspecified atom stereocenters. The highest BCUT2D eigenvalue weighted by atomic mass is 16.5. The van der Waals surface area contributed by atoms with E-state index in [2.05, 4.69) is 31.4 Å². The van der Waals surface area contributed by atoms with Gasteiger partial charge in [0.15, 0.2) is 12.4 Å². The fourth-order valence-corrected chi connectivity index (χ4v) is 2.74. The molecule has 0 heterocycles. The summed E-state index contributed by atoms with van der Waals surface area (Å²) in [4.78, 5) is 47.9. The molecule has 0 fully saturated rings. The Morgan fingerprint density at radius 1 is 0.968 bits per heavy atom. The van der Waals surface area contributed by atoms with Crippen LogP contribution in [0.1, 0.15) is 60.9 Å². The van der Waals surface area contributed by atoms with E-state index in [0.717, 1.165) is 5.56 Å². The Morgan fingerprint density at radius 2 is 1.61 bits per heavy atom. The first-order valence-corrected chi connectivity index (χ1v) is 9.96. The summed E-state index contributed by atoms with van der Waals surface area (Å²) in [5.41, 5.74) is 2.38. The van der Waals surface area contributed by atoms with Gasteiger partial charge in [0.2, 0.25) is 0 Å². The molecule has 1 atom stereocenters. The Kier molecular flexibility index (Phi) is 7.69. The molecule has 2 N–H and O–H groups in total. The van der Waals surface area contributed by atoms with Gasteiger partial charge in [-0.2, -0.15) is 0 Å². The standard InChI is InChI=1S/C24H28N2O5/c1-15(25-22(29)17-9-11-19(12-10-17)24(3,4)5)23(30)31-14-21(28)26-20-8-6-7-18(13-20)16(2)27/h6-13,15H,14H2,1-5H3,(H,25,29)(H,26,28)/t15-/m0/s1. The van der Waals surface area contributed by atoms with Gasteiger partial charge in [-0.15, -0.1) is 0 Å². The molecule has 0 aliphatic rings. The first-order chi connectivity index (χ1) is 14.5. The van der Waals surface area contributed by atoms with E-state index in [1.54, 1.807) is 30.3 Å². The van der Waals surface area contributed by atoms with Crippen molar-refractivity contribution in [3.05, 3.63) is 65.2 Å². The average Bonchev–Trinajstić information content (AvgIpc) is 2.71. The Balaban J connectivity index is 1.85. The lowest BCUT2D eigenvalue weighted by atomic mass is 9.86. The molecule has 0 saturated heterocycles. The van der Waals surface area contributed by atoms with Crippen LogP contribution in [0.3, 0.4) is 0 Å². The van der Waals surface area contributed by atoms with Crippen LogP contribution in [0.5, 0.6) is 0 Å². The Hall–Kier alpha value is -3.48. The van der Waals surface area contributed by atoms with E-state index in [-0.39, 0.29) is 11.2 Å². The summed E-state index contributed by atoms with van der Waals surface area (Å²) in [5, 5.41) is 5.12. The van der Waals surface area contributed by atoms with E-state index in [1.165, 1.54) is 19.9 Å². The van der Waals surface area contributed by atoms with Crippen LogP contribution in [0.25, 0.3) is 0 Å². The lowest BCUT2D eigenvalue weighted by Gasteiger charge is -2.19. The molecule has 0 aromatic heterocycles. The molecule has 0 aliphatic heterocycles. The first kappa shape index (κ1) is 23.8. The third kappa shape index (κ3) is 7.06. The zero-order chi connectivity index (χ0) is 23.2. The zero-order valence-corrected chi connectivity index (χ0v) is 18.4. The number of nitrogens with one attached hydrogen (secondary N) is 2. The lowest BCUT2D eigenvalue weighted by molar-refractivity contribution is -0.148. The van der Waals surface area contributed by atoms with Gasteiger partial charge in [-0.05, 0) is 49.1 Å². The molecule has 0 aliphatic carbocycles. The summed E-state index contributed by atoms with van der Waals surface area (Å²) in [5.74, 6) is -1.81. The van der Waals surface area contributed by atoms with Crippen molar-refractivity contribution < 1.29 is 23.9 Å². The quantitative estimate of drug-likeness (QED) is 0.523. The number of carbonyl (C=O) groups excluding carboxylic acids is 4. The second-order valence-electron chi connectivity index (χ2n) is 8.32. The van der Waals surface area contributed by atoms with Gasteiger partial charge in [0.1, 0.15) is 6.04 Å². The first-order valence-electron chi connectivity index (χ1n) is 9.96. The smallest absolute Gasteiger partial charge is 0.328 e. The molecule has 2 aromatic carbocycles. The van der Waals surface area contributed by atoms with Crippen molar-refractivity contribution >= 4 is 29.3 Å². The van der Waals surface area contributed by atoms with Crippen molar-refractivity contribution in [2.24, 2.45) is 0 Å². The minimum absolute atomic E-state index is 0.0277. The molecule has 2 amide bonds. The summed E-state index contributed by atoms with van der Waals surface area (Å²) in [6.45, 7) is 8.64. The maximum atomic E-state index is 12.4. The lowest BCUT2D eigenvalue weighted by Crippen LogP contribution is -2.40. The number of rotatable bonds is 7. The van der Waals surface area contributed by atoms with Crippen molar-refractivity contribution in [3.8, 4) is 0 Å². The van der Waals surface area contributed by atoms with Crippen LogP contribution >= 0.6 is 0 Å². The molecule has 0 bridgehead atoms. The summed E-state index contributed by atoms with van der Waals surface area (Å²) in [6, 6.07) is 12.7. The summed E-state index contributed by atoms with van der Waals surface area (Å²) in [6.07, 6.45) is 0. The predicted molar refractivity (Wildman–Crippen MR) is 118 cm³/mol. The van der Waals surface area contributed by atoms with E-state index in [1.807, 2.05) is 12.1 Å². The SMILES string of the molecule is CC(=O)c1cccc(NC(=O)COC(=O)[C@H](C)NC(=O)c2ccc(C(C)(C)C)cc2)c1.